The summed E-state index contributed by atoms with van der Waals surface area (Å²) in [4.78, 5) is 11.9. The highest BCUT2D eigenvalue weighted by atomic mass is 16.4. The number of nitrogens with zero attached hydrogens (tertiary/aromatic N) is 1. The zero-order valence-corrected chi connectivity index (χ0v) is 16.0. The largest absolute Gasteiger partial charge is 0.481 e. The second-order valence-electron chi connectivity index (χ2n) is 6.72. The maximum atomic E-state index is 11.9. The number of aliphatic hydroxyl groups is 1. The van der Waals surface area contributed by atoms with Crippen LogP contribution in [0.25, 0.3) is 11.1 Å². The van der Waals surface area contributed by atoms with E-state index in [0.717, 1.165) is 28.7 Å². The Balaban J connectivity index is 2.43. The van der Waals surface area contributed by atoms with Gasteiger partial charge in [-0.3, -0.25) is 4.79 Å². The van der Waals surface area contributed by atoms with Gasteiger partial charge in [0, 0.05) is 5.92 Å². The van der Waals surface area contributed by atoms with E-state index < -0.39 is 17.8 Å². The molecule has 2 rings (SSSR count). The molecule has 0 aromatic heterocycles. The van der Waals surface area contributed by atoms with Crippen LogP contribution in [-0.2, 0) is 17.8 Å². The predicted octanol–water partition coefficient (Wildman–Crippen LogP) is 2.24. The number of hydrazone groups is 1. The second kappa shape index (κ2) is 10.4. The number of rotatable bonds is 10. The maximum absolute atomic E-state index is 11.9. The average molecular weight is 384 g/mol. The number of amidine groups is 1. The molecule has 0 fully saturated rings. The molecular formula is C21H28N4O3. The molecule has 2 aromatic carbocycles. The summed E-state index contributed by atoms with van der Waals surface area (Å²) in [6.45, 7) is 1.93. The van der Waals surface area contributed by atoms with Gasteiger partial charge in [0.25, 0.3) is 0 Å². The van der Waals surface area contributed by atoms with Crippen LogP contribution in [0.15, 0.2) is 53.6 Å². The fourth-order valence-corrected chi connectivity index (χ4v) is 3.42. The Morgan fingerprint density at radius 2 is 1.82 bits per heavy atom. The molecule has 0 saturated heterocycles. The van der Waals surface area contributed by atoms with Crippen LogP contribution in [0, 0.1) is 11.8 Å². The third-order valence-corrected chi connectivity index (χ3v) is 4.88. The third kappa shape index (κ3) is 5.31. The van der Waals surface area contributed by atoms with Crippen molar-refractivity contribution in [3.63, 3.8) is 0 Å². The highest BCUT2D eigenvalue weighted by molar-refractivity contribution is 5.88. The van der Waals surface area contributed by atoms with Crippen molar-refractivity contribution in [2.45, 2.75) is 32.8 Å². The zero-order chi connectivity index (χ0) is 20.5. The van der Waals surface area contributed by atoms with Gasteiger partial charge in [0.1, 0.15) is 5.84 Å². The van der Waals surface area contributed by atoms with Crippen molar-refractivity contribution in [2.75, 3.05) is 0 Å². The molecular weight excluding hydrogens is 356 g/mol. The minimum Gasteiger partial charge on any atom is -0.481 e. The van der Waals surface area contributed by atoms with E-state index in [1.165, 1.54) is 0 Å². The van der Waals surface area contributed by atoms with E-state index in [-0.39, 0.29) is 12.4 Å². The van der Waals surface area contributed by atoms with Crippen LogP contribution < -0.4 is 17.1 Å². The molecule has 0 heterocycles. The number of carboxylic acid groups (broad SMARTS) is 1. The van der Waals surface area contributed by atoms with Crippen molar-refractivity contribution in [3.05, 3.63) is 59.7 Å². The summed E-state index contributed by atoms with van der Waals surface area (Å²) in [6.07, 6.45) is 1.64. The molecule has 0 radical (unpaired) electrons. The molecule has 0 aliphatic rings. The smallest absolute Gasteiger partial charge is 0.307 e. The fraction of sp³-hybridized carbons (Fsp3) is 0.333. The number of benzene rings is 2. The number of carbonyl (C=O) groups is 1. The van der Waals surface area contributed by atoms with Gasteiger partial charge in [-0.25, -0.2) is 11.4 Å². The first-order valence-corrected chi connectivity index (χ1v) is 9.31. The molecule has 7 N–H and O–H groups in total. The highest BCUT2D eigenvalue weighted by Gasteiger charge is 2.31. The monoisotopic (exact) mass is 384 g/mol. The first-order valence-electron chi connectivity index (χ1n) is 9.31. The number of aliphatic hydroxyl groups excluding tert-OH is 1. The summed E-state index contributed by atoms with van der Waals surface area (Å²) in [5.41, 5.74) is 12.0. The van der Waals surface area contributed by atoms with Crippen LogP contribution in [0.4, 0.5) is 0 Å². The van der Waals surface area contributed by atoms with E-state index in [1.54, 1.807) is 0 Å². The third-order valence-electron chi connectivity index (χ3n) is 4.88. The molecule has 0 unspecified atom stereocenters. The number of nitrogens with two attached hydrogens (primary N) is 2. The van der Waals surface area contributed by atoms with Crippen LogP contribution >= 0.6 is 0 Å². The van der Waals surface area contributed by atoms with Crippen LogP contribution in [-0.4, -0.2) is 22.0 Å². The molecule has 0 saturated carbocycles. The molecule has 7 nitrogen and oxygen atoms in total. The summed E-state index contributed by atoms with van der Waals surface area (Å²) in [7, 11) is 0. The van der Waals surface area contributed by atoms with Gasteiger partial charge in [0.05, 0.1) is 12.5 Å². The lowest BCUT2D eigenvalue weighted by Crippen LogP contribution is -2.38. The molecule has 28 heavy (non-hydrogen) atoms. The van der Waals surface area contributed by atoms with E-state index in [2.05, 4.69) is 10.6 Å². The van der Waals surface area contributed by atoms with E-state index in [1.807, 2.05) is 55.5 Å². The van der Waals surface area contributed by atoms with Gasteiger partial charge >= 0.3 is 5.97 Å². The standard InChI is InChI=1S/C21H28N4O3/c1-2-5-18(21(27)28)19(20(22)24-25-23)12-16-6-3-4-7-17(16)15-10-8-14(13-26)9-11-15/h3-4,6-11,18-19,25-26H,2,5,12-13,23H2,1H3,(H2,22,24)(H,27,28)/t18-,19-/m0/s1. The summed E-state index contributed by atoms with van der Waals surface area (Å²) in [5.74, 6) is 3.40. The quantitative estimate of drug-likeness (QED) is 0.185. The van der Waals surface area contributed by atoms with Gasteiger partial charge in [-0.15, -0.1) is 0 Å². The lowest BCUT2D eigenvalue weighted by atomic mass is 9.81. The number of nitrogens with one attached hydrogen (secondary N) is 1. The van der Waals surface area contributed by atoms with Crippen molar-refractivity contribution in [2.24, 2.45) is 28.5 Å². The van der Waals surface area contributed by atoms with E-state index in [9.17, 15) is 15.0 Å². The topological polar surface area (TPSA) is 134 Å². The van der Waals surface area contributed by atoms with Crippen molar-refractivity contribution in [3.8, 4) is 11.1 Å². The minimum atomic E-state index is -0.896. The van der Waals surface area contributed by atoms with Crippen molar-refractivity contribution >= 4 is 11.8 Å². The lowest BCUT2D eigenvalue weighted by Gasteiger charge is -2.24. The summed E-state index contributed by atoms with van der Waals surface area (Å²) >= 11 is 0. The van der Waals surface area contributed by atoms with Gasteiger partial charge in [-0.05, 0) is 35.1 Å². The Kier molecular flexibility index (Phi) is 7.98. The lowest BCUT2D eigenvalue weighted by molar-refractivity contribution is -0.143. The Bertz CT molecular complexity index is 806. The normalized spacial score (nSPS) is 13.8. The first-order chi connectivity index (χ1) is 13.5. The molecule has 2 atom stereocenters. The van der Waals surface area contributed by atoms with Gasteiger partial charge in [0.15, 0.2) is 0 Å². The average Bonchev–Trinajstić information content (AvgIpc) is 2.71. The van der Waals surface area contributed by atoms with Crippen LogP contribution in [0.5, 0.6) is 0 Å². The molecule has 0 bridgehead atoms. The Morgan fingerprint density at radius 3 is 2.39 bits per heavy atom. The number of carboxylic acids is 1. The van der Waals surface area contributed by atoms with Gasteiger partial charge < -0.3 is 15.9 Å². The number of hydrazine groups is 1. The fourth-order valence-electron chi connectivity index (χ4n) is 3.42. The minimum absolute atomic E-state index is 0.0135. The van der Waals surface area contributed by atoms with Crippen LogP contribution in [0.1, 0.15) is 30.9 Å². The summed E-state index contributed by atoms with van der Waals surface area (Å²) in [6, 6.07) is 15.4. The summed E-state index contributed by atoms with van der Waals surface area (Å²) in [5, 5.41) is 22.8. The zero-order valence-electron chi connectivity index (χ0n) is 16.0. The first kappa shape index (κ1) is 21.4. The second-order valence-corrected chi connectivity index (χ2v) is 6.72. The van der Waals surface area contributed by atoms with E-state index >= 15 is 0 Å². The summed E-state index contributed by atoms with van der Waals surface area (Å²) < 4.78 is 0. The number of hydrogen-bond donors (Lipinski definition) is 5. The van der Waals surface area contributed by atoms with Crippen molar-refractivity contribution in [1.29, 1.82) is 0 Å². The van der Waals surface area contributed by atoms with Crippen molar-refractivity contribution < 1.29 is 15.0 Å². The predicted molar refractivity (Wildman–Crippen MR) is 110 cm³/mol. The molecule has 0 amide bonds. The Hall–Kier alpha value is -2.90. The Morgan fingerprint density at radius 1 is 1.14 bits per heavy atom. The van der Waals surface area contributed by atoms with E-state index in [4.69, 9.17) is 11.6 Å². The van der Waals surface area contributed by atoms with Crippen molar-refractivity contribution in [1.82, 2.24) is 5.53 Å². The highest BCUT2D eigenvalue weighted by Crippen LogP contribution is 2.30. The SMILES string of the molecule is CCC[C@H](C(=O)O)[C@H](Cc1ccccc1-c1ccc(CO)cc1)/C(N)=N/NN. The van der Waals surface area contributed by atoms with E-state index in [0.29, 0.717) is 12.8 Å². The molecule has 0 aliphatic heterocycles. The van der Waals surface area contributed by atoms with Gasteiger partial charge in [-0.2, -0.15) is 5.10 Å². The van der Waals surface area contributed by atoms with Gasteiger partial charge in [0.2, 0.25) is 0 Å². The Labute approximate surface area is 165 Å². The molecule has 7 heteroatoms. The van der Waals surface area contributed by atoms with Crippen LogP contribution in [0.3, 0.4) is 0 Å². The van der Waals surface area contributed by atoms with Gasteiger partial charge in [-0.1, -0.05) is 61.9 Å². The number of hydrogen-bond acceptors (Lipinski definition) is 5. The molecule has 0 aliphatic carbocycles. The molecule has 150 valence electrons. The molecule has 0 spiro atoms. The maximum Gasteiger partial charge on any atom is 0.307 e. The number of aliphatic carboxylic acids is 1. The molecule has 2 aromatic rings. The van der Waals surface area contributed by atoms with Crippen LogP contribution in [0.2, 0.25) is 0 Å².